The molecule has 2 rings (SSSR count). The highest BCUT2D eigenvalue weighted by molar-refractivity contribution is 5.34. The molecule has 2 aromatic carbocycles. The number of hydrogen-bond acceptors (Lipinski definition) is 3. The Morgan fingerprint density at radius 1 is 1.05 bits per heavy atom. The molecule has 20 heavy (non-hydrogen) atoms. The van der Waals surface area contributed by atoms with Crippen molar-refractivity contribution in [1.29, 1.82) is 5.26 Å². The molecule has 0 atom stereocenters. The largest absolute Gasteiger partial charge is 0.490 e. The Kier molecular flexibility index (Phi) is 4.56. The summed E-state index contributed by atoms with van der Waals surface area (Å²) >= 11 is 0. The average Bonchev–Trinajstić information content (AvgIpc) is 2.48. The molecule has 0 amide bonds. The summed E-state index contributed by atoms with van der Waals surface area (Å²) in [5.74, 6) is 0.539. The molecule has 0 fully saturated rings. The first-order valence-electron chi connectivity index (χ1n) is 6.21. The summed E-state index contributed by atoms with van der Waals surface area (Å²) in [5.41, 5.74) is 1.13. The van der Waals surface area contributed by atoms with E-state index in [0.717, 1.165) is 0 Å². The van der Waals surface area contributed by atoms with Gasteiger partial charge in [-0.05, 0) is 42.8 Å². The van der Waals surface area contributed by atoms with Crippen LogP contribution in [0.5, 0.6) is 11.5 Å². The molecule has 0 N–H and O–H groups in total. The minimum absolute atomic E-state index is 0.230. The number of rotatable bonds is 5. The zero-order valence-electron chi connectivity index (χ0n) is 11.1. The summed E-state index contributed by atoms with van der Waals surface area (Å²) in [7, 11) is 0. The molecule has 0 unspecified atom stereocenters. The van der Waals surface area contributed by atoms with E-state index in [1.54, 1.807) is 49.4 Å². The van der Waals surface area contributed by atoms with Gasteiger partial charge in [0.05, 0.1) is 11.6 Å². The second kappa shape index (κ2) is 6.58. The molecule has 0 aliphatic rings. The average molecular weight is 271 g/mol. The molecule has 0 saturated carbocycles. The summed E-state index contributed by atoms with van der Waals surface area (Å²) in [4.78, 5) is 0. The van der Waals surface area contributed by atoms with E-state index in [-0.39, 0.29) is 18.2 Å². The maximum absolute atomic E-state index is 13.6. The van der Waals surface area contributed by atoms with Crippen LogP contribution in [0.25, 0.3) is 0 Å². The molecule has 4 heteroatoms. The predicted molar refractivity (Wildman–Crippen MR) is 73.3 cm³/mol. The fourth-order valence-corrected chi connectivity index (χ4v) is 1.67. The Labute approximate surface area is 117 Å². The molecule has 0 heterocycles. The Morgan fingerprint density at radius 2 is 1.75 bits per heavy atom. The molecule has 0 aromatic heterocycles. The Bertz CT molecular complexity index is 617. The molecule has 0 saturated heterocycles. The topological polar surface area (TPSA) is 42.2 Å². The van der Waals surface area contributed by atoms with Crippen LogP contribution in [-0.2, 0) is 0 Å². The lowest BCUT2D eigenvalue weighted by Crippen LogP contribution is -2.10. The van der Waals surface area contributed by atoms with Gasteiger partial charge in [0, 0.05) is 0 Å². The molecule has 3 nitrogen and oxygen atoms in total. The van der Waals surface area contributed by atoms with Crippen LogP contribution < -0.4 is 9.47 Å². The van der Waals surface area contributed by atoms with Crippen molar-refractivity contribution >= 4 is 0 Å². The minimum atomic E-state index is -0.342. The molecular formula is C16H14FNO2. The van der Waals surface area contributed by atoms with Crippen LogP contribution in [0, 0.1) is 24.1 Å². The third-order valence-corrected chi connectivity index (χ3v) is 2.75. The second-order valence-electron chi connectivity index (χ2n) is 4.22. The molecule has 0 spiro atoms. The smallest absolute Gasteiger partial charge is 0.167 e. The lowest BCUT2D eigenvalue weighted by atomic mass is 10.2. The molecule has 0 bridgehead atoms. The first kappa shape index (κ1) is 13.9. The molecular weight excluding hydrogens is 257 g/mol. The maximum Gasteiger partial charge on any atom is 0.167 e. The van der Waals surface area contributed by atoms with Crippen LogP contribution in [0.15, 0.2) is 42.5 Å². The number of nitriles is 1. The van der Waals surface area contributed by atoms with Crippen molar-refractivity contribution in [3.63, 3.8) is 0 Å². The summed E-state index contributed by atoms with van der Waals surface area (Å²) in [6.45, 7) is 2.25. The molecule has 102 valence electrons. The van der Waals surface area contributed by atoms with Crippen LogP contribution in [0.4, 0.5) is 4.39 Å². The van der Waals surface area contributed by atoms with E-state index < -0.39 is 0 Å². The number of aryl methyl sites for hydroxylation is 1. The van der Waals surface area contributed by atoms with E-state index in [2.05, 4.69) is 0 Å². The van der Waals surface area contributed by atoms with Crippen molar-refractivity contribution in [1.82, 2.24) is 0 Å². The fraction of sp³-hybridized carbons (Fsp3) is 0.188. The van der Waals surface area contributed by atoms with Gasteiger partial charge in [0.2, 0.25) is 0 Å². The van der Waals surface area contributed by atoms with E-state index in [0.29, 0.717) is 23.5 Å². The van der Waals surface area contributed by atoms with Gasteiger partial charge in [0.1, 0.15) is 19.0 Å². The van der Waals surface area contributed by atoms with E-state index in [4.69, 9.17) is 14.7 Å². The number of hydrogen-bond donors (Lipinski definition) is 0. The van der Waals surface area contributed by atoms with E-state index >= 15 is 0 Å². The number of halogens is 1. The van der Waals surface area contributed by atoms with Gasteiger partial charge < -0.3 is 9.47 Å². The third kappa shape index (κ3) is 3.48. The SMILES string of the molecule is Cc1cccc(OCCOc2ccc(C#N)cc2)c1F. The van der Waals surface area contributed by atoms with Gasteiger partial charge in [-0.15, -0.1) is 0 Å². The van der Waals surface area contributed by atoms with Gasteiger partial charge in [-0.3, -0.25) is 0 Å². The first-order chi connectivity index (χ1) is 9.70. The van der Waals surface area contributed by atoms with Gasteiger partial charge in [-0.25, -0.2) is 4.39 Å². The van der Waals surface area contributed by atoms with Crippen molar-refractivity contribution < 1.29 is 13.9 Å². The van der Waals surface area contributed by atoms with Crippen molar-refractivity contribution in [2.75, 3.05) is 13.2 Å². The lowest BCUT2D eigenvalue weighted by Gasteiger charge is -2.09. The van der Waals surface area contributed by atoms with Crippen molar-refractivity contribution in [3.8, 4) is 17.6 Å². The zero-order valence-corrected chi connectivity index (χ0v) is 11.1. The number of benzene rings is 2. The summed E-state index contributed by atoms with van der Waals surface area (Å²) in [6, 6.07) is 13.8. The Hall–Kier alpha value is -2.54. The lowest BCUT2D eigenvalue weighted by molar-refractivity contribution is 0.211. The standard InChI is InChI=1S/C16H14FNO2/c1-12-3-2-4-15(16(12)17)20-10-9-19-14-7-5-13(11-18)6-8-14/h2-8H,9-10H2,1H3. The number of nitrogens with zero attached hydrogens (tertiary/aromatic N) is 1. The van der Waals surface area contributed by atoms with Crippen molar-refractivity contribution in [2.45, 2.75) is 6.92 Å². The van der Waals surface area contributed by atoms with Gasteiger partial charge >= 0.3 is 0 Å². The highest BCUT2D eigenvalue weighted by atomic mass is 19.1. The molecule has 0 aliphatic heterocycles. The van der Waals surface area contributed by atoms with Crippen LogP contribution in [0.2, 0.25) is 0 Å². The van der Waals surface area contributed by atoms with E-state index in [9.17, 15) is 4.39 Å². The summed E-state index contributed by atoms with van der Waals surface area (Å²) in [5, 5.41) is 8.67. The van der Waals surface area contributed by atoms with E-state index in [1.807, 2.05) is 6.07 Å². The zero-order chi connectivity index (χ0) is 14.4. The highest BCUT2D eigenvalue weighted by Gasteiger charge is 2.05. The van der Waals surface area contributed by atoms with Crippen LogP contribution in [0.3, 0.4) is 0 Å². The minimum Gasteiger partial charge on any atom is -0.490 e. The Balaban J connectivity index is 1.81. The van der Waals surface area contributed by atoms with Crippen LogP contribution in [0.1, 0.15) is 11.1 Å². The van der Waals surface area contributed by atoms with Crippen molar-refractivity contribution in [3.05, 3.63) is 59.4 Å². The van der Waals surface area contributed by atoms with Crippen LogP contribution >= 0.6 is 0 Å². The second-order valence-corrected chi connectivity index (χ2v) is 4.22. The van der Waals surface area contributed by atoms with Gasteiger partial charge in [0.25, 0.3) is 0 Å². The fourth-order valence-electron chi connectivity index (χ4n) is 1.67. The van der Waals surface area contributed by atoms with Crippen LogP contribution in [-0.4, -0.2) is 13.2 Å². The monoisotopic (exact) mass is 271 g/mol. The van der Waals surface area contributed by atoms with Gasteiger partial charge in [-0.2, -0.15) is 5.26 Å². The number of ether oxygens (including phenoxy) is 2. The summed E-state index contributed by atoms with van der Waals surface area (Å²) in [6.07, 6.45) is 0. The van der Waals surface area contributed by atoms with Crippen molar-refractivity contribution in [2.24, 2.45) is 0 Å². The van der Waals surface area contributed by atoms with Gasteiger partial charge in [-0.1, -0.05) is 12.1 Å². The normalized spacial score (nSPS) is 9.85. The Morgan fingerprint density at radius 3 is 2.45 bits per heavy atom. The first-order valence-corrected chi connectivity index (χ1v) is 6.21. The van der Waals surface area contributed by atoms with E-state index in [1.165, 1.54) is 0 Å². The maximum atomic E-state index is 13.6. The predicted octanol–water partition coefficient (Wildman–Crippen LogP) is 3.46. The highest BCUT2D eigenvalue weighted by Crippen LogP contribution is 2.19. The molecule has 0 aliphatic carbocycles. The summed E-state index contributed by atoms with van der Waals surface area (Å²) < 4.78 is 24.4. The molecule has 2 aromatic rings. The van der Waals surface area contributed by atoms with Gasteiger partial charge in [0.15, 0.2) is 11.6 Å². The molecule has 0 radical (unpaired) electrons. The third-order valence-electron chi connectivity index (χ3n) is 2.75. The quantitative estimate of drug-likeness (QED) is 0.782.